The summed E-state index contributed by atoms with van der Waals surface area (Å²) in [6.07, 6.45) is 0.786. The lowest BCUT2D eigenvalue weighted by Gasteiger charge is -2.39. The Morgan fingerprint density at radius 3 is 2.69 bits per heavy atom. The van der Waals surface area contributed by atoms with E-state index in [0.29, 0.717) is 33.8 Å². The average Bonchev–Trinajstić information content (AvgIpc) is 3.35. The van der Waals surface area contributed by atoms with Gasteiger partial charge in [0.25, 0.3) is 0 Å². The fourth-order valence-corrected chi connectivity index (χ4v) is 4.91. The summed E-state index contributed by atoms with van der Waals surface area (Å²) in [5, 5.41) is 8.36. The third-order valence-corrected chi connectivity index (χ3v) is 6.53. The van der Waals surface area contributed by atoms with Crippen LogP contribution in [0.2, 0.25) is 5.02 Å². The lowest BCUT2D eigenvalue weighted by atomic mass is 9.84. The number of rotatable bonds is 4. The van der Waals surface area contributed by atoms with Gasteiger partial charge in [-0.2, -0.15) is 10.1 Å². The van der Waals surface area contributed by atoms with Gasteiger partial charge in [-0.3, -0.25) is 0 Å². The molecule has 3 aromatic carbocycles. The van der Waals surface area contributed by atoms with Gasteiger partial charge in [-0.15, -0.1) is 0 Å². The predicted octanol–water partition coefficient (Wildman–Crippen LogP) is 5.65. The van der Waals surface area contributed by atoms with Crippen molar-refractivity contribution in [2.24, 2.45) is 0 Å². The molecule has 6 rings (SSSR count). The molecule has 0 radical (unpaired) electrons. The first kappa shape index (κ1) is 21.5. The molecule has 0 saturated heterocycles. The lowest BCUT2D eigenvalue weighted by molar-refractivity contribution is 0.216. The van der Waals surface area contributed by atoms with Gasteiger partial charge in [0.2, 0.25) is 5.95 Å². The number of ether oxygens (including phenoxy) is 3. The highest BCUT2D eigenvalue weighted by Crippen LogP contribution is 2.52. The highest BCUT2D eigenvalue weighted by Gasteiger charge is 2.42. The maximum absolute atomic E-state index is 15.3. The Labute approximate surface area is 205 Å². The SMILES string of the molecule is COc1ccc(OC)c([C@H]2Oc3ccc(Cl)cc3C3=C2[C@H](c2ccccc2F)n2ncnc2N3)c1. The van der Waals surface area contributed by atoms with Crippen LogP contribution in [0.3, 0.4) is 0 Å². The highest BCUT2D eigenvalue weighted by atomic mass is 35.5. The number of fused-ring (bicyclic) bond motifs is 3. The van der Waals surface area contributed by atoms with Crippen molar-refractivity contribution >= 4 is 23.2 Å². The summed E-state index contributed by atoms with van der Waals surface area (Å²) in [5.74, 6) is 2.00. The van der Waals surface area contributed by atoms with Gasteiger partial charge < -0.3 is 19.5 Å². The van der Waals surface area contributed by atoms with Crippen molar-refractivity contribution in [3.8, 4) is 17.2 Å². The van der Waals surface area contributed by atoms with Crippen molar-refractivity contribution in [2.45, 2.75) is 12.1 Å². The number of methoxy groups -OCH3 is 2. The highest BCUT2D eigenvalue weighted by molar-refractivity contribution is 6.30. The first-order valence-corrected chi connectivity index (χ1v) is 11.3. The number of halogens is 2. The Hall–Kier alpha value is -4.04. The first-order valence-electron chi connectivity index (χ1n) is 10.9. The monoisotopic (exact) mass is 490 g/mol. The van der Waals surface area contributed by atoms with E-state index in [2.05, 4.69) is 15.4 Å². The Bertz CT molecular complexity index is 1490. The fourth-order valence-electron chi connectivity index (χ4n) is 4.74. The van der Waals surface area contributed by atoms with Crippen LogP contribution >= 0.6 is 11.6 Å². The van der Waals surface area contributed by atoms with Crippen molar-refractivity contribution in [3.05, 3.63) is 100 Å². The molecule has 0 unspecified atom stereocenters. The van der Waals surface area contributed by atoms with Crippen molar-refractivity contribution < 1.29 is 18.6 Å². The summed E-state index contributed by atoms with van der Waals surface area (Å²) in [5.41, 5.74) is 3.40. The molecular weight excluding hydrogens is 471 g/mol. The minimum Gasteiger partial charge on any atom is -0.497 e. The molecule has 0 aliphatic carbocycles. The topological polar surface area (TPSA) is 70.4 Å². The Morgan fingerprint density at radius 2 is 1.89 bits per heavy atom. The maximum atomic E-state index is 15.3. The first-order chi connectivity index (χ1) is 17.1. The van der Waals surface area contributed by atoms with Gasteiger partial charge in [0.15, 0.2) is 6.10 Å². The number of anilines is 1. The molecule has 0 saturated carbocycles. The van der Waals surface area contributed by atoms with Gasteiger partial charge in [0.1, 0.15) is 35.4 Å². The van der Waals surface area contributed by atoms with Gasteiger partial charge >= 0.3 is 0 Å². The fraction of sp³-hybridized carbons (Fsp3) is 0.154. The third kappa shape index (κ3) is 3.40. The van der Waals surface area contributed by atoms with E-state index < -0.39 is 12.1 Å². The second kappa shape index (κ2) is 8.32. The molecule has 0 fully saturated rings. The molecule has 1 N–H and O–H groups in total. The summed E-state index contributed by atoms with van der Waals surface area (Å²) in [6.45, 7) is 0. The van der Waals surface area contributed by atoms with Crippen LogP contribution in [-0.4, -0.2) is 29.0 Å². The predicted molar refractivity (Wildman–Crippen MR) is 129 cm³/mol. The number of nitrogens with one attached hydrogen (secondary N) is 1. The van der Waals surface area contributed by atoms with Crippen LogP contribution in [0.15, 0.2) is 72.6 Å². The average molecular weight is 491 g/mol. The third-order valence-electron chi connectivity index (χ3n) is 6.30. The van der Waals surface area contributed by atoms with Crippen LogP contribution in [0.1, 0.15) is 28.8 Å². The van der Waals surface area contributed by atoms with Crippen LogP contribution in [0.5, 0.6) is 17.2 Å². The molecule has 9 heteroatoms. The molecule has 0 bridgehead atoms. The van der Waals surface area contributed by atoms with E-state index in [4.69, 9.17) is 25.8 Å². The molecule has 2 atom stereocenters. The largest absolute Gasteiger partial charge is 0.497 e. The number of aromatic nitrogens is 3. The Morgan fingerprint density at radius 1 is 1.03 bits per heavy atom. The molecular formula is C26H20ClFN4O3. The van der Waals surface area contributed by atoms with Crippen LogP contribution in [0, 0.1) is 5.82 Å². The van der Waals surface area contributed by atoms with Gasteiger partial charge in [-0.25, -0.2) is 9.07 Å². The van der Waals surface area contributed by atoms with Gasteiger partial charge in [0, 0.05) is 27.3 Å². The smallest absolute Gasteiger partial charge is 0.226 e. The van der Waals surface area contributed by atoms with E-state index in [9.17, 15) is 0 Å². The van der Waals surface area contributed by atoms with E-state index in [0.717, 1.165) is 22.4 Å². The zero-order chi connectivity index (χ0) is 24.1. The van der Waals surface area contributed by atoms with Gasteiger partial charge in [0.05, 0.1) is 19.9 Å². The van der Waals surface area contributed by atoms with E-state index in [1.165, 1.54) is 12.4 Å². The second-order valence-electron chi connectivity index (χ2n) is 8.15. The summed E-state index contributed by atoms with van der Waals surface area (Å²) in [6, 6.07) is 16.9. The summed E-state index contributed by atoms with van der Waals surface area (Å²) in [4.78, 5) is 4.37. The summed E-state index contributed by atoms with van der Waals surface area (Å²) in [7, 11) is 3.20. The van der Waals surface area contributed by atoms with Crippen LogP contribution in [0.4, 0.5) is 10.3 Å². The number of nitrogens with zero attached hydrogens (tertiary/aromatic N) is 3. The molecule has 2 aliphatic heterocycles. The number of hydrogen-bond donors (Lipinski definition) is 1. The number of benzene rings is 3. The minimum absolute atomic E-state index is 0.360. The standard InChI is InChI=1S/C26H20ClFN4O3/c1-33-15-8-10-20(34-2)18(12-15)25-22-23(17-11-14(27)7-9-21(17)35-25)31-26-29-13-30-32(26)24(22)16-5-3-4-6-19(16)28/h3-13,24-25H,1-2H3,(H,29,30,31)/t24-,25+/m0/s1. The normalized spacial score (nSPS) is 18.1. The Kier molecular flexibility index (Phi) is 5.11. The quantitative estimate of drug-likeness (QED) is 0.399. The minimum atomic E-state index is -0.654. The maximum Gasteiger partial charge on any atom is 0.226 e. The van der Waals surface area contributed by atoms with Crippen molar-refractivity contribution in [3.63, 3.8) is 0 Å². The molecule has 4 aromatic rings. The molecule has 0 spiro atoms. The van der Waals surface area contributed by atoms with E-state index >= 15 is 4.39 Å². The summed E-state index contributed by atoms with van der Waals surface area (Å²) < 4.78 is 34.7. The molecule has 0 amide bonds. The van der Waals surface area contributed by atoms with Gasteiger partial charge in [-0.1, -0.05) is 29.8 Å². The van der Waals surface area contributed by atoms with Crippen LogP contribution < -0.4 is 19.5 Å². The lowest BCUT2D eigenvalue weighted by Crippen LogP contribution is -2.33. The zero-order valence-electron chi connectivity index (χ0n) is 18.8. The van der Waals surface area contributed by atoms with E-state index in [-0.39, 0.29) is 5.82 Å². The molecule has 1 aromatic heterocycles. The van der Waals surface area contributed by atoms with Crippen LogP contribution in [0.25, 0.3) is 5.70 Å². The van der Waals surface area contributed by atoms with Crippen molar-refractivity contribution in [1.82, 2.24) is 14.8 Å². The number of hydrogen-bond acceptors (Lipinski definition) is 6. The van der Waals surface area contributed by atoms with E-state index in [1.807, 2.05) is 30.3 Å². The molecule has 176 valence electrons. The van der Waals surface area contributed by atoms with E-state index in [1.54, 1.807) is 43.2 Å². The van der Waals surface area contributed by atoms with Crippen molar-refractivity contribution in [2.75, 3.05) is 19.5 Å². The molecule has 3 heterocycles. The van der Waals surface area contributed by atoms with Crippen LogP contribution in [-0.2, 0) is 0 Å². The summed E-state index contributed by atoms with van der Waals surface area (Å²) >= 11 is 6.37. The van der Waals surface area contributed by atoms with Gasteiger partial charge in [-0.05, 0) is 42.5 Å². The van der Waals surface area contributed by atoms with Crippen molar-refractivity contribution in [1.29, 1.82) is 0 Å². The Balaban J connectivity index is 1.67. The zero-order valence-corrected chi connectivity index (χ0v) is 19.6. The molecule has 35 heavy (non-hydrogen) atoms. The second-order valence-corrected chi connectivity index (χ2v) is 8.59. The molecule has 2 aliphatic rings. The molecule has 7 nitrogen and oxygen atoms in total.